The Bertz CT molecular complexity index is 1130. The second-order valence-corrected chi connectivity index (χ2v) is 8.47. The summed E-state index contributed by atoms with van der Waals surface area (Å²) in [6.07, 6.45) is 9.23. The van der Waals surface area contributed by atoms with Crippen LogP contribution in [0.15, 0.2) is 30.6 Å². The molecular formula is C23H25N5O2. The molecule has 0 radical (unpaired) electrons. The highest BCUT2D eigenvalue weighted by molar-refractivity contribution is 5.99. The van der Waals surface area contributed by atoms with Gasteiger partial charge in [0, 0.05) is 42.7 Å². The number of carbonyl (C=O) groups excluding carboxylic acids is 1. The largest absolute Gasteiger partial charge is 0.378 e. The number of morpholine rings is 1. The van der Waals surface area contributed by atoms with E-state index in [1.165, 1.54) is 31.4 Å². The summed E-state index contributed by atoms with van der Waals surface area (Å²) in [4.78, 5) is 24.0. The molecular weight excluding hydrogens is 378 g/mol. The molecule has 4 heterocycles. The smallest absolute Gasteiger partial charge is 0.228 e. The zero-order valence-electron chi connectivity index (χ0n) is 16.9. The van der Waals surface area contributed by atoms with Crippen molar-refractivity contribution in [3.63, 3.8) is 0 Å². The minimum atomic E-state index is 0.0649. The van der Waals surface area contributed by atoms with E-state index in [0.29, 0.717) is 12.3 Å². The van der Waals surface area contributed by atoms with Gasteiger partial charge in [0.2, 0.25) is 5.91 Å². The molecule has 1 saturated carbocycles. The SMILES string of the molecule is O=C1Cc2cc(-c3c(C4CCCC4)nc4c(N5CCOCC5)nccn34)ccc2N1. The van der Waals surface area contributed by atoms with Gasteiger partial charge >= 0.3 is 0 Å². The Hall–Kier alpha value is -2.93. The van der Waals surface area contributed by atoms with Crippen molar-refractivity contribution in [2.45, 2.75) is 38.0 Å². The van der Waals surface area contributed by atoms with Gasteiger partial charge in [0.1, 0.15) is 0 Å². The van der Waals surface area contributed by atoms with E-state index in [9.17, 15) is 4.79 Å². The van der Waals surface area contributed by atoms with Gasteiger partial charge in [0.25, 0.3) is 0 Å². The maximum absolute atomic E-state index is 11.9. The van der Waals surface area contributed by atoms with Crippen molar-refractivity contribution in [1.82, 2.24) is 14.4 Å². The Morgan fingerprint density at radius 1 is 1.13 bits per heavy atom. The van der Waals surface area contributed by atoms with Gasteiger partial charge in [0.15, 0.2) is 11.5 Å². The Morgan fingerprint density at radius 2 is 1.97 bits per heavy atom. The van der Waals surface area contributed by atoms with Crippen LogP contribution < -0.4 is 10.2 Å². The molecule has 0 spiro atoms. The van der Waals surface area contributed by atoms with E-state index in [1.807, 2.05) is 18.5 Å². The second kappa shape index (κ2) is 7.09. The van der Waals surface area contributed by atoms with Crippen LogP contribution in [0.2, 0.25) is 0 Å². The van der Waals surface area contributed by atoms with Crippen LogP contribution in [0.3, 0.4) is 0 Å². The number of benzene rings is 1. The number of nitrogens with zero attached hydrogens (tertiary/aromatic N) is 4. The molecule has 7 heteroatoms. The van der Waals surface area contributed by atoms with Gasteiger partial charge in [0.05, 0.1) is 31.0 Å². The number of imidazole rings is 1. The molecule has 2 fully saturated rings. The van der Waals surface area contributed by atoms with Crippen LogP contribution in [0.4, 0.5) is 11.5 Å². The van der Waals surface area contributed by atoms with Crippen LogP contribution in [-0.4, -0.2) is 46.6 Å². The number of rotatable bonds is 3. The van der Waals surface area contributed by atoms with E-state index >= 15 is 0 Å². The van der Waals surface area contributed by atoms with Crippen molar-refractivity contribution in [2.24, 2.45) is 0 Å². The molecule has 1 saturated heterocycles. The monoisotopic (exact) mass is 403 g/mol. The van der Waals surface area contributed by atoms with Crippen LogP contribution in [0.1, 0.15) is 42.9 Å². The van der Waals surface area contributed by atoms with Crippen molar-refractivity contribution >= 4 is 23.1 Å². The summed E-state index contributed by atoms with van der Waals surface area (Å²) in [6, 6.07) is 6.29. The quantitative estimate of drug-likeness (QED) is 0.726. The van der Waals surface area contributed by atoms with E-state index in [4.69, 9.17) is 14.7 Å². The minimum absolute atomic E-state index is 0.0649. The van der Waals surface area contributed by atoms with Gasteiger partial charge in [-0.15, -0.1) is 0 Å². The lowest BCUT2D eigenvalue weighted by Crippen LogP contribution is -2.37. The van der Waals surface area contributed by atoms with E-state index in [-0.39, 0.29) is 5.91 Å². The summed E-state index contributed by atoms with van der Waals surface area (Å²) >= 11 is 0. The lowest BCUT2D eigenvalue weighted by atomic mass is 9.97. The molecule has 3 aliphatic rings. The van der Waals surface area contributed by atoms with Gasteiger partial charge in [-0.05, 0) is 30.5 Å². The predicted molar refractivity (Wildman–Crippen MR) is 115 cm³/mol. The molecule has 154 valence electrons. The number of amides is 1. The average Bonchev–Trinajstić information content (AvgIpc) is 3.50. The number of anilines is 2. The normalized spacial score (nSPS) is 19.5. The van der Waals surface area contributed by atoms with Crippen LogP contribution in [0, 0.1) is 0 Å². The second-order valence-electron chi connectivity index (χ2n) is 8.47. The van der Waals surface area contributed by atoms with E-state index in [2.05, 4.69) is 26.8 Å². The first-order valence-electron chi connectivity index (χ1n) is 10.9. The fraction of sp³-hybridized carbons (Fsp3) is 0.435. The lowest BCUT2D eigenvalue weighted by molar-refractivity contribution is -0.115. The molecule has 2 aliphatic heterocycles. The first kappa shape index (κ1) is 17.9. The number of carbonyl (C=O) groups is 1. The van der Waals surface area contributed by atoms with Crippen molar-refractivity contribution in [2.75, 3.05) is 36.5 Å². The van der Waals surface area contributed by atoms with Gasteiger partial charge < -0.3 is 15.0 Å². The summed E-state index contributed by atoms with van der Waals surface area (Å²) in [6.45, 7) is 3.11. The topological polar surface area (TPSA) is 71.8 Å². The van der Waals surface area contributed by atoms with Crippen LogP contribution >= 0.6 is 0 Å². The van der Waals surface area contributed by atoms with Gasteiger partial charge in [-0.2, -0.15) is 0 Å². The highest BCUT2D eigenvalue weighted by Crippen LogP contribution is 2.41. The Balaban J connectivity index is 1.54. The zero-order chi connectivity index (χ0) is 20.1. The molecule has 30 heavy (non-hydrogen) atoms. The molecule has 0 unspecified atom stereocenters. The van der Waals surface area contributed by atoms with Crippen molar-refractivity contribution in [1.29, 1.82) is 0 Å². The first-order chi connectivity index (χ1) is 14.8. The van der Waals surface area contributed by atoms with Gasteiger partial charge in [-0.1, -0.05) is 18.9 Å². The molecule has 0 atom stereocenters. The highest BCUT2D eigenvalue weighted by atomic mass is 16.5. The zero-order valence-corrected chi connectivity index (χ0v) is 16.9. The minimum Gasteiger partial charge on any atom is -0.378 e. The van der Waals surface area contributed by atoms with E-state index in [1.54, 1.807) is 0 Å². The Labute approximate surface area is 175 Å². The van der Waals surface area contributed by atoms with Crippen molar-refractivity contribution in [3.05, 3.63) is 41.9 Å². The highest BCUT2D eigenvalue weighted by Gasteiger charge is 2.28. The molecule has 1 N–H and O–H groups in total. The maximum Gasteiger partial charge on any atom is 0.228 e. The number of aromatic nitrogens is 3. The standard InChI is InChI=1S/C23H25N5O2/c29-19-14-17-13-16(5-6-18(17)25-19)21-20(15-3-1-2-4-15)26-23-22(24-7-8-28(21)23)27-9-11-30-12-10-27/h5-8,13,15H,1-4,9-12,14H2,(H,25,29). The summed E-state index contributed by atoms with van der Waals surface area (Å²) in [7, 11) is 0. The average molecular weight is 403 g/mol. The number of hydrogen-bond acceptors (Lipinski definition) is 5. The van der Waals surface area contributed by atoms with Crippen molar-refractivity contribution < 1.29 is 9.53 Å². The predicted octanol–water partition coefficient (Wildman–Crippen LogP) is 3.39. The van der Waals surface area contributed by atoms with Crippen LogP contribution in [-0.2, 0) is 16.0 Å². The molecule has 0 bridgehead atoms. The molecule has 1 amide bonds. The van der Waals surface area contributed by atoms with Crippen LogP contribution in [0.5, 0.6) is 0 Å². The molecule has 3 aromatic rings. The van der Waals surface area contributed by atoms with Gasteiger partial charge in [-0.25, -0.2) is 9.97 Å². The molecule has 1 aliphatic carbocycles. The Kier molecular flexibility index (Phi) is 4.23. The van der Waals surface area contributed by atoms with Crippen LogP contribution in [0.25, 0.3) is 16.9 Å². The van der Waals surface area contributed by atoms with Gasteiger partial charge in [-0.3, -0.25) is 9.20 Å². The molecule has 2 aromatic heterocycles. The van der Waals surface area contributed by atoms with Crippen molar-refractivity contribution in [3.8, 4) is 11.3 Å². The summed E-state index contributed by atoms with van der Waals surface area (Å²) in [5.74, 6) is 1.48. The number of hydrogen-bond donors (Lipinski definition) is 1. The summed E-state index contributed by atoms with van der Waals surface area (Å²) in [5.41, 5.74) is 6.36. The maximum atomic E-state index is 11.9. The fourth-order valence-corrected chi connectivity index (χ4v) is 5.13. The first-order valence-corrected chi connectivity index (χ1v) is 10.9. The summed E-state index contributed by atoms with van der Waals surface area (Å²) < 4.78 is 7.74. The van der Waals surface area contributed by atoms with E-state index in [0.717, 1.165) is 60.3 Å². The molecule has 1 aromatic carbocycles. The third kappa shape index (κ3) is 2.88. The third-order valence-corrected chi connectivity index (χ3v) is 6.61. The lowest BCUT2D eigenvalue weighted by Gasteiger charge is -2.27. The third-order valence-electron chi connectivity index (χ3n) is 6.61. The Morgan fingerprint density at radius 3 is 2.80 bits per heavy atom. The van der Waals surface area contributed by atoms with E-state index < -0.39 is 0 Å². The summed E-state index contributed by atoms with van der Waals surface area (Å²) in [5, 5.41) is 2.94. The fourth-order valence-electron chi connectivity index (χ4n) is 5.13. The number of fused-ring (bicyclic) bond motifs is 2. The molecule has 6 rings (SSSR count). The number of nitrogens with one attached hydrogen (secondary N) is 1. The molecule has 7 nitrogen and oxygen atoms in total. The number of ether oxygens (including phenoxy) is 1.